The second-order valence-corrected chi connectivity index (χ2v) is 9.42. The Morgan fingerprint density at radius 3 is 2.38 bits per heavy atom. The third-order valence-electron chi connectivity index (χ3n) is 4.64. The summed E-state index contributed by atoms with van der Waals surface area (Å²) in [5.74, 6) is -0.511. The van der Waals surface area contributed by atoms with E-state index >= 15 is 0 Å². The van der Waals surface area contributed by atoms with E-state index in [1.165, 1.54) is 13.8 Å². The zero-order valence-electron chi connectivity index (χ0n) is 15.8. The SMILES string of the molecule is C[C@@H](O)[C@@H](C)Nc1nc(Nc2ccc([S@](=N)(=O)C3CC3)cc2)ncc1C(F)(F)F. The molecule has 0 aliphatic heterocycles. The van der Waals surface area contributed by atoms with Crippen LogP contribution in [0.15, 0.2) is 35.4 Å². The van der Waals surface area contributed by atoms with Crippen molar-refractivity contribution in [3.63, 3.8) is 0 Å². The fraction of sp³-hybridized carbons (Fsp3) is 0.444. The summed E-state index contributed by atoms with van der Waals surface area (Å²) in [6.45, 7) is 3.00. The van der Waals surface area contributed by atoms with Gasteiger partial charge in [-0.3, -0.25) is 0 Å². The van der Waals surface area contributed by atoms with E-state index in [4.69, 9.17) is 4.78 Å². The summed E-state index contributed by atoms with van der Waals surface area (Å²) in [4.78, 5) is 8.06. The van der Waals surface area contributed by atoms with Gasteiger partial charge in [-0.25, -0.2) is 14.0 Å². The lowest BCUT2D eigenvalue weighted by molar-refractivity contribution is -0.137. The van der Waals surface area contributed by atoms with E-state index < -0.39 is 39.4 Å². The Kier molecular flexibility index (Phi) is 5.72. The minimum Gasteiger partial charge on any atom is -0.391 e. The minimum atomic E-state index is -4.65. The molecule has 1 aliphatic carbocycles. The van der Waals surface area contributed by atoms with Crippen LogP contribution in [0.4, 0.5) is 30.6 Å². The van der Waals surface area contributed by atoms with E-state index in [0.717, 1.165) is 12.8 Å². The molecule has 4 N–H and O–H groups in total. The number of hydrogen-bond donors (Lipinski definition) is 4. The fourth-order valence-corrected chi connectivity index (χ4v) is 4.28. The van der Waals surface area contributed by atoms with Gasteiger partial charge >= 0.3 is 6.18 Å². The molecular weight excluding hydrogens is 407 g/mol. The molecule has 0 spiro atoms. The summed E-state index contributed by atoms with van der Waals surface area (Å²) < 4.78 is 60.2. The van der Waals surface area contributed by atoms with Gasteiger partial charge in [-0.05, 0) is 51.0 Å². The van der Waals surface area contributed by atoms with Gasteiger partial charge in [0.2, 0.25) is 5.95 Å². The van der Waals surface area contributed by atoms with Crippen molar-refractivity contribution in [3.05, 3.63) is 36.0 Å². The van der Waals surface area contributed by atoms with Crippen molar-refractivity contribution in [1.29, 1.82) is 4.78 Å². The molecule has 1 heterocycles. The van der Waals surface area contributed by atoms with Gasteiger partial charge in [-0.2, -0.15) is 18.2 Å². The highest BCUT2D eigenvalue weighted by Crippen LogP contribution is 2.36. The molecule has 3 rings (SSSR count). The van der Waals surface area contributed by atoms with Crippen LogP contribution in [-0.2, 0) is 15.9 Å². The maximum atomic E-state index is 13.2. The van der Waals surface area contributed by atoms with Crippen LogP contribution >= 0.6 is 0 Å². The largest absolute Gasteiger partial charge is 0.421 e. The predicted molar refractivity (Wildman–Crippen MR) is 104 cm³/mol. The number of alkyl halides is 3. The van der Waals surface area contributed by atoms with E-state index in [9.17, 15) is 22.5 Å². The number of aromatic nitrogens is 2. The summed E-state index contributed by atoms with van der Waals surface area (Å²) in [7, 11) is -2.82. The third-order valence-corrected chi connectivity index (χ3v) is 7.02. The molecular formula is C18H22F3N5O2S. The standard InChI is InChI=1S/C18H22F3N5O2S/c1-10(11(2)27)24-16-15(18(19,20)21)9-23-17(26-16)25-12-3-5-13(6-4-12)29(22,28)14-7-8-14/h3-6,9-11,14,22,27H,7-8H2,1-2H3,(H2,23,24,25,26)/t10-,11-,29+/m1/s1. The number of nitrogens with one attached hydrogen (secondary N) is 3. The predicted octanol–water partition coefficient (Wildman–Crippen LogP) is 3.99. The molecule has 0 radical (unpaired) electrons. The van der Waals surface area contributed by atoms with Crippen LogP contribution in [0, 0.1) is 4.78 Å². The van der Waals surface area contributed by atoms with Gasteiger partial charge in [-0.15, -0.1) is 0 Å². The average Bonchev–Trinajstić information content (AvgIpc) is 3.47. The lowest BCUT2D eigenvalue weighted by Crippen LogP contribution is -2.29. The van der Waals surface area contributed by atoms with Crippen molar-refractivity contribution in [2.45, 2.75) is 55.2 Å². The molecule has 7 nitrogen and oxygen atoms in total. The molecule has 29 heavy (non-hydrogen) atoms. The van der Waals surface area contributed by atoms with E-state index in [-0.39, 0.29) is 11.2 Å². The summed E-state index contributed by atoms with van der Waals surface area (Å²) >= 11 is 0. The Balaban J connectivity index is 1.83. The fourth-order valence-electron chi connectivity index (χ4n) is 2.56. The monoisotopic (exact) mass is 429 g/mol. The molecule has 1 saturated carbocycles. The van der Waals surface area contributed by atoms with Gasteiger partial charge in [0.25, 0.3) is 0 Å². The Morgan fingerprint density at radius 2 is 1.86 bits per heavy atom. The van der Waals surface area contributed by atoms with Crippen LogP contribution in [0.2, 0.25) is 0 Å². The van der Waals surface area contributed by atoms with Gasteiger partial charge in [0.05, 0.1) is 21.9 Å². The minimum absolute atomic E-state index is 0.0696. The Labute approximate surface area is 166 Å². The first-order valence-electron chi connectivity index (χ1n) is 9.02. The molecule has 2 aromatic rings. The van der Waals surface area contributed by atoms with Crippen molar-refractivity contribution in [2.75, 3.05) is 10.6 Å². The van der Waals surface area contributed by atoms with Gasteiger partial charge in [-0.1, -0.05) is 0 Å². The summed E-state index contributed by atoms with van der Waals surface area (Å²) in [6, 6.07) is 5.63. The van der Waals surface area contributed by atoms with E-state index in [1.807, 2.05) is 0 Å². The van der Waals surface area contributed by atoms with E-state index in [0.29, 0.717) is 16.8 Å². The number of benzene rings is 1. The summed E-state index contributed by atoms with van der Waals surface area (Å²) in [5, 5.41) is 14.8. The molecule has 11 heteroatoms. The molecule has 0 saturated heterocycles. The zero-order chi connectivity index (χ0) is 21.4. The highest BCUT2D eigenvalue weighted by atomic mass is 32.2. The Hall–Kier alpha value is -2.40. The first-order chi connectivity index (χ1) is 13.5. The maximum absolute atomic E-state index is 13.2. The maximum Gasteiger partial charge on any atom is 0.421 e. The van der Waals surface area contributed by atoms with Gasteiger partial charge in [0, 0.05) is 22.0 Å². The quantitative estimate of drug-likeness (QED) is 0.530. The van der Waals surface area contributed by atoms with Gasteiger partial charge in [0.15, 0.2) is 0 Å². The lowest BCUT2D eigenvalue weighted by Gasteiger charge is -2.20. The van der Waals surface area contributed by atoms with Crippen LogP contribution < -0.4 is 10.6 Å². The van der Waals surface area contributed by atoms with Crippen molar-refractivity contribution < 1.29 is 22.5 Å². The number of hydrogen-bond acceptors (Lipinski definition) is 7. The van der Waals surface area contributed by atoms with Crippen LogP contribution in [0.1, 0.15) is 32.3 Å². The van der Waals surface area contributed by atoms with Crippen LogP contribution in [0.25, 0.3) is 0 Å². The number of nitrogens with zero attached hydrogens (tertiary/aromatic N) is 2. The number of halogens is 3. The van der Waals surface area contributed by atoms with Crippen molar-refractivity contribution >= 4 is 27.2 Å². The summed E-state index contributed by atoms with van der Waals surface area (Å²) in [5.41, 5.74) is -0.557. The van der Waals surface area contributed by atoms with Crippen LogP contribution in [-0.4, -0.2) is 36.7 Å². The highest BCUT2D eigenvalue weighted by Gasteiger charge is 2.36. The molecule has 1 aliphatic rings. The topological polar surface area (TPSA) is 111 Å². The molecule has 1 fully saturated rings. The Morgan fingerprint density at radius 1 is 1.24 bits per heavy atom. The normalized spacial score (nSPS) is 18.6. The van der Waals surface area contributed by atoms with E-state index in [1.54, 1.807) is 24.3 Å². The molecule has 1 aromatic carbocycles. The molecule has 3 atom stereocenters. The second-order valence-electron chi connectivity index (χ2n) is 7.08. The first kappa shape index (κ1) is 21.3. The van der Waals surface area contributed by atoms with E-state index in [2.05, 4.69) is 20.6 Å². The smallest absolute Gasteiger partial charge is 0.391 e. The molecule has 1 aromatic heterocycles. The number of rotatable bonds is 7. The number of anilines is 3. The summed E-state index contributed by atoms with van der Waals surface area (Å²) in [6.07, 6.45) is -3.31. The van der Waals surface area contributed by atoms with Gasteiger partial charge < -0.3 is 15.7 Å². The molecule has 158 valence electrons. The van der Waals surface area contributed by atoms with Crippen molar-refractivity contribution in [2.24, 2.45) is 0 Å². The van der Waals surface area contributed by atoms with Crippen molar-refractivity contribution in [1.82, 2.24) is 9.97 Å². The molecule has 0 bridgehead atoms. The lowest BCUT2D eigenvalue weighted by atomic mass is 10.2. The third kappa shape index (κ3) is 4.96. The Bertz CT molecular complexity index is 974. The highest BCUT2D eigenvalue weighted by molar-refractivity contribution is 7.93. The number of aliphatic hydroxyl groups excluding tert-OH is 1. The molecule has 0 amide bonds. The van der Waals surface area contributed by atoms with Crippen LogP contribution in [0.3, 0.4) is 0 Å². The number of aliphatic hydroxyl groups is 1. The average molecular weight is 429 g/mol. The second kappa shape index (κ2) is 7.79. The van der Waals surface area contributed by atoms with Crippen LogP contribution in [0.5, 0.6) is 0 Å². The van der Waals surface area contributed by atoms with Crippen molar-refractivity contribution in [3.8, 4) is 0 Å². The van der Waals surface area contributed by atoms with Gasteiger partial charge in [0.1, 0.15) is 11.4 Å². The first-order valence-corrected chi connectivity index (χ1v) is 10.6. The molecule has 0 unspecified atom stereocenters. The zero-order valence-corrected chi connectivity index (χ0v) is 16.6.